The van der Waals surface area contributed by atoms with Gasteiger partial charge in [0.15, 0.2) is 0 Å². The van der Waals surface area contributed by atoms with E-state index >= 15 is 0 Å². The summed E-state index contributed by atoms with van der Waals surface area (Å²) in [5.41, 5.74) is 28.8. The number of nitrogens with zero attached hydrogens (tertiary/aromatic N) is 12. The highest BCUT2D eigenvalue weighted by atomic mass is 15.2. The van der Waals surface area contributed by atoms with Crippen LogP contribution < -0.4 is 19.6 Å². The fourth-order valence-corrected chi connectivity index (χ4v) is 16.8. The van der Waals surface area contributed by atoms with E-state index in [4.69, 9.17) is 39.9 Å². The number of anilines is 12. The molecule has 0 saturated carbocycles. The van der Waals surface area contributed by atoms with Gasteiger partial charge in [0.25, 0.3) is 0 Å². The molecule has 0 atom stereocenters. The van der Waals surface area contributed by atoms with Crippen LogP contribution in [0.5, 0.6) is 0 Å². The van der Waals surface area contributed by atoms with Crippen molar-refractivity contribution in [2.75, 3.05) is 19.6 Å². The van der Waals surface area contributed by atoms with Gasteiger partial charge in [-0.25, -0.2) is 39.9 Å². The molecular formula is C96H94N12. The van der Waals surface area contributed by atoms with E-state index in [9.17, 15) is 0 Å². The Morgan fingerprint density at radius 3 is 0.611 bits per heavy atom. The van der Waals surface area contributed by atoms with Crippen LogP contribution in [0.1, 0.15) is 150 Å². The normalized spacial score (nSPS) is 12.4. The molecule has 12 aromatic carbocycles. The molecule has 0 amide bonds. The standard InChI is InChI=1S/C96H94N12/c1-55-41-79-75(47-97-51-101-79)59(5)89(55)105(67-29-21-63(22-30-67)93(9,10)11)83-45-84(106(68-31-23-64(24-32-68)94(12,13)14)90-56(2)42-80-76(60(90)6)48-98-52-102-80)72-39-40-74-86(108(70-35-27-66(28-36-70)96(18,19)20)92-58(4)44-82-78(62(92)8)50-100-54-104-82)46-85(73-38-37-71(83)87(72)88(73)74)107(69-33-25-65(26-34-69)95(15,16)17)91-57(3)43-81-77(61(91)7)49-99-53-103-81/h21-54H,1-20H3. The molecule has 108 heavy (non-hydrogen) atoms. The summed E-state index contributed by atoms with van der Waals surface area (Å²) in [6.45, 7) is 45.4. The zero-order chi connectivity index (χ0) is 75.9. The largest absolute Gasteiger partial charge is 0.309 e. The van der Waals surface area contributed by atoms with E-state index in [1.54, 1.807) is 25.3 Å². The van der Waals surface area contributed by atoms with Crippen molar-refractivity contribution in [3.8, 4) is 0 Å². The van der Waals surface area contributed by atoms with Crippen molar-refractivity contribution in [2.45, 2.75) is 160 Å². The van der Waals surface area contributed by atoms with Crippen LogP contribution in [-0.2, 0) is 21.7 Å². The molecule has 0 aliphatic heterocycles. The van der Waals surface area contributed by atoms with E-state index in [0.29, 0.717) is 0 Å². The molecule has 0 spiro atoms. The zero-order valence-electron chi connectivity index (χ0n) is 66.0. The molecule has 0 aliphatic rings. The van der Waals surface area contributed by atoms with Crippen LogP contribution in [0, 0.1) is 55.4 Å². The number of fused-ring (bicyclic) bond motifs is 4. The van der Waals surface area contributed by atoms with Crippen molar-refractivity contribution in [3.63, 3.8) is 0 Å². The first-order valence-corrected chi connectivity index (χ1v) is 37.7. The quantitative estimate of drug-likeness (QED) is 0.108. The number of aryl methyl sites for hydroxylation is 8. The van der Waals surface area contributed by atoms with Gasteiger partial charge in [-0.15, -0.1) is 0 Å². The van der Waals surface area contributed by atoms with Crippen molar-refractivity contribution in [1.82, 2.24) is 39.9 Å². The van der Waals surface area contributed by atoms with E-state index in [2.05, 4.69) is 316 Å². The van der Waals surface area contributed by atoms with Gasteiger partial charge in [-0.3, -0.25) is 0 Å². The third-order valence-corrected chi connectivity index (χ3v) is 22.6. The number of hydrogen-bond donors (Lipinski definition) is 0. The lowest BCUT2D eigenvalue weighted by Gasteiger charge is -2.37. The lowest BCUT2D eigenvalue weighted by Crippen LogP contribution is -2.19. The Bertz CT molecular complexity index is 5500. The minimum atomic E-state index is -0.116. The Kier molecular flexibility index (Phi) is 17.0. The fourth-order valence-electron chi connectivity index (χ4n) is 16.8. The zero-order valence-corrected chi connectivity index (χ0v) is 66.0. The summed E-state index contributed by atoms with van der Waals surface area (Å²) >= 11 is 0. The second-order valence-electron chi connectivity index (χ2n) is 33.9. The van der Waals surface area contributed by atoms with Crippen molar-refractivity contribution in [3.05, 3.63) is 275 Å². The molecule has 12 nitrogen and oxygen atoms in total. The molecule has 4 aromatic heterocycles. The second kappa shape index (κ2) is 26.0. The average molecular weight is 1420 g/mol. The molecule has 0 aliphatic carbocycles. The summed E-state index contributed by atoms with van der Waals surface area (Å²) in [7, 11) is 0. The van der Waals surface area contributed by atoms with Gasteiger partial charge >= 0.3 is 0 Å². The summed E-state index contributed by atoms with van der Waals surface area (Å²) in [5.74, 6) is 0. The molecule has 0 unspecified atom stereocenters. The SMILES string of the molecule is Cc1cc2ncncc2c(C)c1N(c1ccc(C(C)(C)C)cc1)c1cc(N(c2ccc(C(C)(C)C)cc2)c2c(C)cc3ncncc3c2C)c2ccc3c(N(c4ccc(C(C)(C)C)cc4)c4c(C)cc5ncncc5c4C)cc(N(c4ccc(C(C)(C)C)cc4)c4c(C)cc5ncncc5c4C)c4ccc1c2c43. The summed E-state index contributed by atoms with van der Waals surface area (Å²) < 4.78 is 0. The molecular weight excluding hydrogens is 1320 g/mol. The highest BCUT2D eigenvalue weighted by Gasteiger charge is 2.34. The maximum absolute atomic E-state index is 4.90. The smallest absolute Gasteiger partial charge is 0.116 e. The minimum Gasteiger partial charge on any atom is -0.309 e. The van der Waals surface area contributed by atoms with Crippen molar-refractivity contribution in [2.24, 2.45) is 0 Å². The van der Waals surface area contributed by atoms with E-state index < -0.39 is 0 Å². The van der Waals surface area contributed by atoms with E-state index in [-0.39, 0.29) is 21.7 Å². The molecule has 16 aromatic rings. The number of hydrogen-bond acceptors (Lipinski definition) is 12. The number of aromatic nitrogens is 8. The van der Waals surface area contributed by atoms with Gasteiger partial charge in [0.2, 0.25) is 0 Å². The molecule has 16 rings (SSSR count). The maximum atomic E-state index is 4.90. The minimum absolute atomic E-state index is 0.116. The van der Waals surface area contributed by atoms with Gasteiger partial charge in [-0.1, -0.05) is 156 Å². The van der Waals surface area contributed by atoms with Crippen molar-refractivity contribution < 1.29 is 0 Å². The van der Waals surface area contributed by atoms with Crippen LogP contribution in [0.15, 0.2) is 208 Å². The first kappa shape index (κ1) is 70.5. The lowest BCUT2D eigenvalue weighted by molar-refractivity contribution is 0.590. The Morgan fingerprint density at radius 1 is 0.231 bits per heavy atom. The highest BCUT2D eigenvalue weighted by molar-refractivity contribution is 6.33. The fraction of sp³-hybridized carbons (Fsp3) is 0.250. The van der Waals surface area contributed by atoms with Crippen LogP contribution in [0.4, 0.5) is 68.2 Å². The lowest BCUT2D eigenvalue weighted by atomic mass is 9.86. The summed E-state index contributed by atoms with van der Waals surface area (Å²) in [6, 6.07) is 60.7. The molecule has 0 saturated heterocycles. The first-order valence-electron chi connectivity index (χ1n) is 37.7. The molecule has 12 heteroatoms. The van der Waals surface area contributed by atoms with Crippen molar-refractivity contribution in [1.29, 1.82) is 0 Å². The van der Waals surface area contributed by atoms with Gasteiger partial charge in [-0.05, 0) is 229 Å². The summed E-state index contributed by atoms with van der Waals surface area (Å²) in [4.78, 5) is 48.6. The molecule has 0 fully saturated rings. The molecule has 0 bridgehead atoms. The highest BCUT2D eigenvalue weighted by Crippen LogP contribution is 2.58. The second-order valence-corrected chi connectivity index (χ2v) is 33.9. The Labute approximate surface area is 634 Å². The van der Waals surface area contributed by atoms with Crippen LogP contribution in [0.25, 0.3) is 75.9 Å². The van der Waals surface area contributed by atoms with Gasteiger partial charge < -0.3 is 19.6 Å². The maximum Gasteiger partial charge on any atom is 0.116 e. The Hall–Kier alpha value is -11.8. The predicted octanol–water partition coefficient (Wildman–Crippen LogP) is 25.9. The predicted molar refractivity (Wildman–Crippen MR) is 454 cm³/mol. The van der Waals surface area contributed by atoms with Gasteiger partial charge in [0.1, 0.15) is 25.3 Å². The molecule has 0 radical (unpaired) electrons. The Morgan fingerprint density at radius 2 is 0.426 bits per heavy atom. The third-order valence-electron chi connectivity index (χ3n) is 22.6. The first-order chi connectivity index (χ1) is 51.4. The molecule has 538 valence electrons. The van der Waals surface area contributed by atoms with Crippen LogP contribution in [0.2, 0.25) is 0 Å². The average Bonchev–Trinajstić information content (AvgIpc) is 0.694. The van der Waals surface area contributed by atoms with Gasteiger partial charge in [0.05, 0.1) is 67.6 Å². The molecule has 4 heterocycles. The van der Waals surface area contributed by atoms with Crippen molar-refractivity contribution >= 4 is 144 Å². The number of benzene rings is 12. The van der Waals surface area contributed by atoms with Gasteiger partial charge in [0, 0.05) is 101 Å². The third kappa shape index (κ3) is 11.9. The van der Waals surface area contributed by atoms with E-state index in [1.807, 2.05) is 24.8 Å². The summed E-state index contributed by atoms with van der Waals surface area (Å²) in [5, 5.41) is 10.4. The topological polar surface area (TPSA) is 116 Å². The summed E-state index contributed by atoms with van der Waals surface area (Å²) in [6.07, 6.45) is 14.5. The molecule has 0 N–H and O–H groups in total. The van der Waals surface area contributed by atoms with Crippen LogP contribution >= 0.6 is 0 Å². The van der Waals surface area contributed by atoms with E-state index in [1.165, 1.54) is 22.3 Å². The number of rotatable bonds is 12. The van der Waals surface area contributed by atoms with Crippen LogP contribution in [0.3, 0.4) is 0 Å². The van der Waals surface area contributed by atoms with Gasteiger partial charge in [-0.2, -0.15) is 0 Å². The Balaban J connectivity index is 1.15. The van der Waals surface area contributed by atoms with Crippen LogP contribution in [-0.4, -0.2) is 39.9 Å². The van der Waals surface area contributed by atoms with E-state index in [0.717, 1.165) is 189 Å². The monoisotopic (exact) mass is 1410 g/mol.